The molecule has 0 aliphatic heterocycles. The molecule has 0 fully saturated rings. The fraction of sp³-hybridized carbons (Fsp3) is 0.417. The predicted molar refractivity (Wildman–Crippen MR) is 78.6 cm³/mol. The molecule has 0 saturated carbocycles. The molecule has 7 heteroatoms. The third-order valence-corrected chi connectivity index (χ3v) is 3.81. The third-order valence-electron chi connectivity index (χ3n) is 2.63. The van der Waals surface area contributed by atoms with Gasteiger partial charge in [-0.3, -0.25) is 14.5 Å². The van der Waals surface area contributed by atoms with Crippen LogP contribution in [0, 0.1) is 4.77 Å². The summed E-state index contributed by atoms with van der Waals surface area (Å²) in [5.41, 5.74) is 0. The molecule has 102 valence electrons. The van der Waals surface area contributed by atoms with Crippen LogP contribution in [0.5, 0.6) is 0 Å². The first-order valence-corrected chi connectivity index (χ1v) is 7.47. The van der Waals surface area contributed by atoms with Gasteiger partial charge in [-0.25, -0.2) is 0 Å². The highest BCUT2D eigenvalue weighted by Crippen LogP contribution is 2.22. The molecular formula is C12H16N4OS2. The van der Waals surface area contributed by atoms with Crippen LogP contribution >= 0.6 is 23.6 Å². The van der Waals surface area contributed by atoms with Crippen molar-refractivity contribution in [2.75, 3.05) is 6.54 Å². The van der Waals surface area contributed by atoms with Gasteiger partial charge in [-0.2, -0.15) is 5.10 Å². The Morgan fingerprint density at radius 3 is 3.16 bits per heavy atom. The first-order valence-electron chi connectivity index (χ1n) is 6.18. The van der Waals surface area contributed by atoms with Crippen LogP contribution < -0.4 is 5.32 Å². The zero-order valence-corrected chi connectivity index (χ0v) is 12.3. The van der Waals surface area contributed by atoms with Crippen molar-refractivity contribution in [3.63, 3.8) is 0 Å². The van der Waals surface area contributed by atoms with Crippen LogP contribution in [-0.4, -0.2) is 27.2 Å². The lowest BCUT2D eigenvalue weighted by Gasteiger charge is -2.06. The van der Waals surface area contributed by atoms with Gasteiger partial charge in [0.2, 0.25) is 5.91 Å². The number of carbonyl (C=O) groups excluding carboxylic acids is 1. The largest absolute Gasteiger partial charge is 0.356 e. The van der Waals surface area contributed by atoms with E-state index in [1.807, 2.05) is 29.0 Å². The number of rotatable bonds is 6. The molecule has 0 radical (unpaired) electrons. The van der Waals surface area contributed by atoms with Crippen molar-refractivity contribution in [2.45, 2.75) is 26.3 Å². The predicted octanol–water partition coefficient (Wildman–Crippen LogP) is 2.59. The van der Waals surface area contributed by atoms with E-state index in [1.165, 1.54) is 0 Å². The van der Waals surface area contributed by atoms with E-state index >= 15 is 0 Å². The number of hydrogen-bond acceptors (Lipinski definition) is 4. The van der Waals surface area contributed by atoms with Crippen LogP contribution in [0.15, 0.2) is 17.5 Å². The molecule has 2 aromatic rings. The number of carbonyl (C=O) groups is 1. The first-order chi connectivity index (χ1) is 9.22. The van der Waals surface area contributed by atoms with E-state index in [4.69, 9.17) is 12.2 Å². The first kappa shape index (κ1) is 14.0. The van der Waals surface area contributed by atoms with Crippen molar-refractivity contribution >= 4 is 29.5 Å². The molecule has 2 aromatic heterocycles. The van der Waals surface area contributed by atoms with Gasteiger partial charge in [-0.15, -0.1) is 11.3 Å². The van der Waals surface area contributed by atoms with Gasteiger partial charge >= 0.3 is 0 Å². The van der Waals surface area contributed by atoms with Crippen molar-refractivity contribution in [3.8, 4) is 10.7 Å². The van der Waals surface area contributed by atoms with Crippen LogP contribution in [0.25, 0.3) is 10.7 Å². The van der Waals surface area contributed by atoms with E-state index in [1.54, 1.807) is 11.3 Å². The summed E-state index contributed by atoms with van der Waals surface area (Å²) in [7, 11) is 0. The number of thiophene rings is 1. The molecule has 0 saturated heterocycles. The number of aromatic amines is 1. The van der Waals surface area contributed by atoms with E-state index in [0.29, 0.717) is 24.3 Å². The molecule has 0 aliphatic rings. The van der Waals surface area contributed by atoms with Crippen molar-refractivity contribution in [1.29, 1.82) is 0 Å². The second-order valence-electron chi connectivity index (χ2n) is 4.08. The van der Waals surface area contributed by atoms with Crippen LogP contribution in [0.1, 0.15) is 19.8 Å². The number of nitrogens with one attached hydrogen (secondary N) is 2. The van der Waals surface area contributed by atoms with Crippen LogP contribution in [0.4, 0.5) is 0 Å². The minimum atomic E-state index is 0.0436. The summed E-state index contributed by atoms with van der Waals surface area (Å²) in [6, 6.07) is 3.96. The molecule has 0 aromatic carbocycles. The normalized spacial score (nSPS) is 10.6. The lowest BCUT2D eigenvalue weighted by molar-refractivity contribution is -0.121. The smallest absolute Gasteiger partial charge is 0.221 e. The highest BCUT2D eigenvalue weighted by Gasteiger charge is 2.10. The molecule has 0 spiro atoms. The molecule has 0 unspecified atom stereocenters. The van der Waals surface area contributed by atoms with Gasteiger partial charge in [-0.1, -0.05) is 13.0 Å². The average molecular weight is 296 g/mol. The number of amides is 1. The Balaban J connectivity index is 2.06. The molecule has 5 nitrogen and oxygen atoms in total. The summed E-state index contributed by atoms with van der Waals surface area (Å²) in [6.45, 7) is 3.28. The van der Waals surface area contributed by atoms with Gasteiger partial charge in [0.25, 0.3) is 0 Å². The molecule has 2 N–H and O–H groups in total. The molecule has 0 atom stereocenters. The number of aromatic nitrogens is 3. The summed E-state index contributed by atoms with van der Waals surface area (Å²) in [5, 5.41) is 11.9. The Kier molecular flexibility index (Phi) is 4.86. The minimum Gasteiger partial charge on any atom is -0.356 e. The molecule has 0 bridgehead atoms. The maximum atomic E-state index is 11.6. The van der Waals surface area contributed by atoms with Crippen LogP contribution in [0.3, 0.4) is 0 Å². The summed E-state index contributed by atoms with van der Waals surface area (Å²) in [5.74, 6) is 0.838. The second kappa shape index (κ2) is 6.63. The zero-order chi connectivity index (χ0) is 13.7. The topological polar surface area (TPSA) is 62.7 Å². The van der Waals surface area contributed by atoms with Gasteiger partial charge in [0, 0.05) is 19.5 Å². The van der Waals surface area contributed by atoms with E-state index in [9.17, 15) is 4.79 Å². The summed E-state index contributed by atoms with van der Waals surface area (Å²) < 4.78 is 2.42. The van der Waals surface area contributed by atoms with Gasteiger partial charge in [0.05, 0.1) is 4.88 Å². The Morgan fingerprint density at radius 1 is 1.63 bits per heavy atom. The maximum absolute atomic E-state index is 11.6. The monoisotopic (exact) mass is 296 g/mol. The van der Waals surface area contributed by atoms with Crippen molar-refractivity contribution in [2.24, 2.45) is 0 Å². The molecule has 0 aliphatic carbocycles. The molecular weight excluding hydrogens is 280 g/mol. The Morgan fingerprint density at radius 2 is 2.47 bits per heavy atom. The van der Waals surface area contributed by atoms with E-state index in [2.05, 4.69) is 15.5 Å². The molecule has 2 rings (SSSR count). The summed E-state index contributed by atoms with van der Waals surface area (Å²) >= 11 is 6.81. The Labute approximate surface area is 120 Å². The zero-order valence-electron chi connectivity index (χ0n) is 10.7. The Hall–Kier alpha value is -1.47. The van der Waals surface area contributed by atoms with E-state index in [0.717, 1.165) is 17.1 Å². The number of H-pyrrole nitrogens is 1. The summed E-state index contributed by atoms with van der Waals surface area (Å²) in [4.78, 5) is 12.7. The van der Waals surface area contributed by atoms with E-state index < -0.39 is 0 Å². The standard InChI is InChI=1S/C12H16N4OS2/c1-2-6-13-10(17)5-7-16-11(14-15-12(16)18)9-4-3-8-19-9/h3-4,8H,2,5-7H2,1H3,(H,13,17)(H,15,18). The van der Waals surface area contributed by atoms with E-state index in [-0.39, 0.29) is 5.91 Å². The van der Waals surface area contributed by atoms with Gasteiger partial charge < -0.3 is 5.32 Å². The van der Waals surface area contributed by atoms with Gasteiger partial charge in [0.1, 0.15) is 0 Å². The number of nitrogens with zero attached hydrogens (tertiary/aromatic N) is 2. The maximum Gasteiger partial charge on any atom is 0.221 e. The lowest BCUT2D eigenvalue weighted by atomic mass is 10.3. The van der Waals surface area contributed by atoms with Gasteiger partial charge in [-0.05, 0) is 30.1 Å². The molecule has 19 heavy (non-hydrogen) atoms. The van der Waals surface area contributed by atoms with Crippen LogP contribution in [-0.2, 0) is 11.3 Å². The van der Waals surface area contributed by atoms with Crippen molar-refractivity contribution in [1.82, 2.24) is 20.1 Å². The van der Waals surface area contributed by atoms with Gasteiger partial charge in [0.15, 0.2) is 10.6 Å². The lowest BCUT2D eigenvalue weighted by Crippen LogP contribution is -2.25. The summed E-state index contributed by atoms with van der Waals surface area (Å²) in [6.07, 6.45) is 1.35. The highest BCUT2D eigenvalue weighted by atomic mass is 32.1. The fourth-order valence-corrected chi connectivity index (χ4v) is 2.63. The fourth-order valence-electron chi connectivity index (χ4n) is 1.69. The number of hydrogen-bond donors (Lipinski definition) is 2. The Bertz CT molecular complexity index is 585. The molecule has 1 amide bonds. The SMILES string of the molecule is CCCNC(=O)CCn1c(-c2cccs2)n[nH]c1=S. The highest BCUT2D eigenvalue weighted by molar-refractivity contribution is 7.71. The van der Waals surface area contributed by atoms with Crippen molar-refractivity contribution < 1.29 is 4.79 Å². The van der Waals surface area contributed by atoms with Crippen LogP contribution in [0.2, 0.25) is 0 Å². The minimum absolute atomic E-state index is 0.0436. The second-order valence-corrected chi connectivity index (χ2v) is 5.42. The van der Waals surface area contributed by atoms with Crippen molar-refractivity contribution in [3.05, 3.63) is 22.3 Å². The molecule has 2 heterocycles. The quantitative estimate of drug-likeness (QED) is 0.805. The third kappa shape index (κ3) is 3.51. The average Bonchev–Trinajstić information content (AvgIpc) is 3.03.